The monoisotopic (exact) mass is 423 g/mol. The topological polar surface area (TPSA) is 101 Å². The summed E-state index contributed by atoms with van der Waals surface area (Å²) in [4.78, 5) is 35.2. The largest absolute Gasteiger partial charge is 0.366 e. The van der Waals surface area contributed by atoms with Gasteiger partial charge in [0.2, 0.25) is 11.8 Å². The molecule has 0 unspecified atom stereocenters. The second-order valence-corrected chi connectivity index (χ2v) is 8.78. The minimum Gasteiger partial charge on any atom is -0.366 e. The number of nitrogens with two attached hydrogens (primary N) is 1. The zero-order valence-corrected chi connectivity index (χ0v) is 17.7. The van der Waals surface area contributed by atoms with Gasteiger partial charge in [0.25, 0.3) is 0 Å². The number of hydrogen-bond donors (Lipinski definition) is 1. The van der Waals surface area contributed by atoms with Gasteiger partial charge >= 0.3 is 0 Å². The van der Waals surface area contributed by atoms with E-state index in [2.05, 4.69) is 19.9 Å². The molecular formula is C22H29N7O2. The highest BCUT2D eigenvalue weighted by Gasteiger charge is 2.30. The molecule has 4 heterocycles. The van der Waals surface area contributed by atoms with E-state index in [-0.39, 0.29) is 5.91 Å². The summed E-state index contributed by atoms with van der Waals surface area (Å²) >= 11 is 0. The first-order valence-corrected chi connectivity index (χ1v) is 11.1. The Bertz CT molecular complexity index is 959. The van der Waals surface area contributed by atoms with Gasteiger partial charge in [0.15, 0.2) is 5.82 Å². The summed E-state index contributed by atoms with van der Waals surface area (Å²) in [6, 6.07) is 4.15. The molecule has 9 nitrogen and oxygen atoms in total. The lowest BCUT2D eigenvalue weighted by Crippen LogP contribution is -2.55. The summed E-state index contributed by atoms with van der Waals surface area (Å²) in [5.74, 6) is 0.378. The second kappa shape index (κ2) is 8.39. The van der Waals surface area contributed by atoms with E-state index >= 15 is 0 Å². The third-order valence-corrected chi connectivity index (χ3v) is 6.82. The molecule has 0 spiro atoms. The Balaban J connectivity index is 1.17. The number of primary amides is 1. The second-order valence-electron chi connectivity index (χ2n) is 8.78. The maximum atomic E-state index is 12.8. The van der Waals surface area contributed by atoms with Gasteiger partial charge in [-0.15, -0.1) is 0 Å². The third-order valence-electron chi connectivity index (χ3n) is 6.82. The Kier molecular flexibility index (Phi) is 5.45. The average molecular weight is 424 g/mol. The predicted octanol–water partition coefficient (Wildman–Crippen LogP) is 0.421. The molecule has 2 N–H and O–H groups in total. The van der Waals surface area contributed by atoms with E-state index in [9.17, 15) is 9.59 Å². The first-order valence-electron chi connectivity index (χ1n) is 11.1. The molecule has 0 bridgehead atoms. The molecule has 2 aromatic heterocycles. The summed E-state index contributed by atoms with van der Waals surface area (Å²) in [6.07, 6.45) is 8.24. The molecule has 2 aromatic rings. The van der Waals surface area contributed by atoms with E-state index < -0.39 is 5.91 Å². The minimum atomic E-state index is -0.497. The van der Waals surface area contributed by atoms with Crippen molar-refractivity contribution in [3.05, 3.63) is 41.3 Å². The van der Waals surface area contributed by atoms with Crippen molar-refractivity contribution in [3.63, 3.8) is 0 Å². The molecule has 0 atom stereocenters. The molecule has 0 aromatic carbocycles. The summed E-state index contributed by atoms with van der Waals surface area (Å²) in [6.45, 7) is 5.70. The van der Waals surface area contributed by atoms with Gasteiger partial charge < -0.3 is 10.6 Å². The van der Waals surface area contributed by atoms with Crippen molar-refractivity contribution in [2.24, 2.45) is 5.73 Å². The van der Waals surface area contributed by atoms with Gasteiger partial charge in [-0.1, -0.05) is 6.42 Å². The van der Waals surface area contributed by atoms with Gasteiger partial charge in [0, 0.05) is 69.7 Å². The van der Waals surface area contributed by atoms with E-state index in [1.54, 1.807) is 16.8 Å². The minimum absolute atomic E-state index is 0.229. The molecule has 2 aliphatic heterocycles. The number of fused-ring (bicyclic) bond motifs is 1. The molecule has 2 amide bonds. The molecule has 31 heavy (non-hydrogen) atoms. The number of piperazine rings is 1. The van der Waals surface area contributed by atoms with Crippen molar-refractivity contribution in [2.45, 2.75) is 38.3 Å². The number of rotatable bonds is 5. The van der Waals surface area contributed by atoms with E-state index in [1.807, 2.05) is 11.1 Å². The maximum absolute atomic E-state index is 12.8. The lowest BCUT2D eigenvalue weighted by molar-refractivity contribution is -0.135. The van der Waals surface area contributed by atoms with Crippen molar-refractivity contribution in [1.82, 2.24) is 29.5 Å². The quantitative estimate of drug-likeness (QED) is 0.748. The molecule has 0 radical (unpaired) electrons. The van der Waals surface area contributed by atoms with Crippen LogP contribution in [0.5, 0.6) is 0 Å². The van der Waals surface area contributed by atoms with E-state index in [0.717, 1.165) is 56.4 Å². The molecule has 9 heteroatoms. The van der Waals surface area contributed by atoms with Crippen LogP contribution in [-0.2, 0) is 17.8 Å². The molecule has 1 saturated carbocycles. The lowest BCUT2D eigenvalue weighted by atomic mass is 9.91. The molecule has 3 aliphatic rings. The fraction of sp³-hybridized carbons (Fsp3) is 0.545. The first-order chi connectivity index (χ1) is 15.1. The molecule has 1 saturated heterocycles. The van der Waals surface area contributed by atoms with E-state index in [4.69, 9.17) is 5.73 Å². The summed E-state index contributed by atoms with van der Waals surface area (Å²) in [5.41, 5.74) is 7.81. The van der Waals surface area contributed by atoms with Crippen LogP contribution in [-0.4, -0.2) is 86.6 Å². The Labute approximate surface area is 181 Å². The van der Waals surface area contributed by atoms with Crippen LogP contribution in [0, 0.1) is 0 Å². The zero-order valence-electron chi connectivity index (χ0n) is 17.7. The van der Waals surface area contributed by atoms with Gasteiger partial charge in [-0.05, 0) is 25.0 Å². The molecule has 5 rings (SSSR count). The zero-order chi connectivity index (χ0) is 21.4. The highest BCUT2D eigenvalue weighted by molar-refractivity contribution is 5.92. The lowest BCUT2D eigenvalue weighted by Gasteiger charge is -2.43. The highest BCUT2D eigenvalue weighted by Crippen LogP contribution is 2.25. The summed E-state index contributed by atoms with van der Waals surface area (Å²) in [7, 11) is 0. The first kappa shape index (κ1) is 20.1. The van der Waals surface area contributed by atoms with Crippen LogP contribution >= 0.6 is 0 Å². The van der Waals surface area contributed by atoms with Crippen molar-refractivity contribution >= 4 is 11.8 Å². The molecule has 2 fully saturated rings. The van der Waals surface area contributed by atoms with E-state index in [1.165, 1.54) is 25.5 Å². The Hall–Kier alpha value is -2.78. The number of pyridine rings is 1. The third kappa shape index (κ3) is 4.20. The van der Waals surface area contributed by atoms with Gasteiger partial charge in [-0.25, -0.2) is 9.67 Å². The molecular weight excluding hydrogens is 394 g/mol. The molecule has 1 aliphatic carbocycles. The van der Waals surface area contributed by atoms with Crippen molar-refractivity contribution in [1.29, 1.82) is 0 Å². The number of nitrogens with zero attached hydrogens (tertiary/aromatic N) is 6. The van der Waals surface area contributed by atoms with Crippen molar-refractivity contribution < 1.29 is 9.59 Å². The highest BCUT2D eigenvalue weighted by atomic mass is 16.2. The van der Waals surface area contributed by atoms with Crippen LogP contribution in [0.2, 0.25) is 0 Å². The van der Waals surface area contributed by atoms with Crippen LogP contribution in [0.3, 0.4) is 0 Å². The standard InChI is InChI=1S/C22H29N7O2/c23-22(31)16-4-5-20(24-12-16)29-14-17-13-26(7-6-19(17)25-29)15-21(30)28-10-8-27(9-11-28)18-2-1-3-18/h4-5,12,14,18H,1-3,6-11,13,15H2,(H2,23,31). The smallest absolute Gasteiger partial charge is 0.250 e. The Morgan fingerprint density at radius 3 is 2.55 bits per heavy atom. The van der Waals surface area contributed by atoms with Crippen molar-refractivity contribution in [3.8, 4) is 5.82 Å². The number of amides is 2. The van der Waals surface area contributed by atoms with Gasteiger partial charge in [-0.3, -0.25) is 19.4 Å². The Morgan fingerprint density at radius 2 is 1.90 bits per heavy atom. The van der Waals surface area contributed by atoms with Gasteiger partial charge in [0.1, 0.15) is 0 Å². The fourth-order valence-corrected chi connectivity index (χ4v) is 4.67. The van der Waals surface area contributed by atoms with Crippen LogP contribution < -0.4 is 5.73 Å². The fourth-order valence-electron chi connectivity index (χ4n) is 4.67. The summed E-state index contributed by atoms with van der Waals surface area (Å²) in [5, 5.41) is 4.65. The average Bonchev–Trinajstić information content (AvgIpc) is 3.16. The van der Waals surface area contributed by atoms with Crippen LogP contribution in [0.1, 0.15) is 40.9 Å². The van der Waals surface area contributed by atoms with Gasteiger partial charge in [-0.2, -0.15) is 5.10 Å². The predicted molar refractivity (Wildman–Crippen MR) is 115 cm³/mol. The Morgan fingerprint density at radius 1 is 1.10 bits per heavy atom. The normalized spacial score (nSPS) is 20.3. The van der Waals surface area contributed by atoms with E-state index in [0.29, 0.717) is 24.5 Å². The van der Waals surface area contributed by atoms with Crippen LogP contribution in [0.15, 0.2) is 24.5 Å². The number of aromatic nitrogens is 3. The van der Waals surface area contributed by atoms with Crippen LogP contribution in [0.4, 0.5) is 0 Å². The molecule has 164 valence electrons. The SMILES string of the molecule is NC(=O)c1ccc(-n2cc3c(n2)CCN(CC(=O)N2CCN(C4CCC4)CC2)C3)nc1. The number of carbonyl (C=O) groups excluding carboxylic acids is 2. The summed E-state index contributed by atoms with van der Waals surface area (Å²) < 4.78 is 1.74. The van der Waals surface area contributed by atoms with Gasteiger partial charge in [0.05, 0.1) is 17.8 Å². The van der Waals surface area contributed by atoms with Crippen molar-refractivity contribution in [2.75, 3.05) is 39.3 Å². The van der Waals surface area contributed by atoms with Crippen LogP contribution in [0.25, 0.3) is 5.82 Å². The maximum Gasteiger partial charge on any atom is 0.250 e. The number of hydrogen-bond acceptors (Lipinski definition) is 6. The number of carbonyl (C=O) groups is 2.